The Balaban J connectivity index is 2.24. The van der Waals surface area contributed by atoms with E-state index in [2.05, 4.69) is 10.3 Å². The summed E-state index contributed by atoms with van der Waals surface area (Å²) in [6.07, 6.45) is 3.21. The Morgan fingerprint density at radius 2 is 2.22 bits per heavy atom. The van der Waals surface area contributed by atoms with Crippen molar-refractivity contribution in [3.8, 4) is 0 Å². The fourth-order valence-electron chi connectivity index (χ4n) is 1.66. The van der Waals surface area contributed by atoms with Crippen LogP contribution in [-0.2, 0) is 7.05 Å². The largest absolute Gasteiger partial charge is 0.359 e. The number of hydrogen-bond donors (Lipinski definition) is 1. The monoisotopic (exact) mass is 263 g/mol. The molecule has 2 rings (SSSR count). The van der Waals surface area contributed by atoms with E-state index < -0.39 is 0 Å². The van der Waals surface area contributed by atoms with E-state index in [1.807, 2.05) is 31.2 Å². The highest BCUT2D eigenvalue weighted by atomic mass is 35.5. The van der Waals surface area contributed by atoms with Crippen LogP contribution in [0.3, 0.4) is 0 Å². The Hall–Kier alpha value is -1.81. The maximum absolute atomic E-state index is 11.8. The van der Waals surface area contributed by atoms with E-state index in [0.717, 1.165) is 5.56 Å². The summed E-state index contributed by atoms with van der Waals surface area (Å²) in [5.74, 6) is 0.340. The highest BCUT2D eigenvalue weighted by Gasteiger charge is 2.09. The van der Waals surface area contributed by atoms with Gasteiger partial charge in [-0.15, -0.1) is 0 Å². The maximum atomic E-state index is 11.8. The summed E-state index contributed by atoms with van der Waals surface area (Å²) >= 11 is 5.94. The second-order valence-electron chi connectivity index (χ2n) is 4.11. The first kappa shape index (κ1) is 12.6. The molecule has 1 atom stereocenters. The van der Waals surface area contributed by atoms with Crippen LogP contribution in [0, 0.1) is 0 Å². The van der Waals surface area contributed by atoms with E-state index in [-0.39, 0.29) is 11.6 Å². The third-order valence-corrected chi connectivity index (χ3v) is 2.95. The highest BCUT2D eigenvalue weighted by molar-refractivity contribution is 6.30. The van der Waals surface area contributed by atoms with Gasteiger partial charge < -0.3 is 9.88 Å². The number of anilines is 1. The summed E-state index contributed by atoms with van der Waals surface area (Å²) in [5, 5.41) is 3.77. The minimum atomic E-state index is -0.147. The summed E-state index contributed by atoms with van der Waals surface area (Å²) < 4.78 is 1.49. The highest BCUT2D eigenvalue weighted by Crippen LogP contribution is 2.19. The lowest BCUT2D eigenvalue weighted by Crippen LogP contribution is -2.23. The van der Waals surface area contributed by atoms with Gasteiger partial charge in [0.2, 0.25) is 0 Å². The van der Waals surface area contributed by atoms with Gasteiger partial charge in [0, 0.05) is 24.5 Å². The van der Waals surface area contributed by atoms with E-state index in [1.165, 1.54) is 4.57 Å². The Bertz CT molecular complexity index is 609. The van der Waals surface area contributed by atoms with Crippen molar-refractivity contribution in [1.82, 2.24) is 9.55 Å². The lowest BCUT2D eigenvalue weighted by Gasteiger charge is -2.14. The fraction of sp³-hybridized carbons (Fsp3) is 0.231. The van der Waals surface area contributed by atoms with E-state index in [0.29, 0.717) is 10.8 Å². The summed E-state index contributed by atoms with van der Waals surface area (Å²) in [4.78, 5) is 15.9. The molecule has 0 saturated heterocycles. The van der Waals surface area contributed by atoms with Crippen LogP contribution in [0.15, 0.2) is 41.5 Å². The molecule has 0 saturated carbocycles. The van der Waals surface area contributed by atoms with Crippen molar-refractivity contribution in [3.63, 3.8) is 0 Å². The molecule has 5 heteroatoms. The first-order chi connectivity index (χ1) is 8.58. The van der Waals surface area contributed by atoms with E-state index in [9.17, 15) is 4.79 Å². The molecule has 0 aliphatic carbocycles. The van der Waals surface area contributed by atoms with Gasteiger partial charge in [-0.05, 0) is 24.6 Å². The number of aryl methyl sites for hydroxylation is 1. The second kappa shape index (κ2) is 5.23. The predicted octanol–water partition coefficient (Wildman–Crippen LogP) is 2.61. The zero-order valence-electron chi connectivity index (χ0n) is 10.2. The first-order valence-electron chi connectivity index (χ1n) is 5.61. The van der Waals surface area contributed by atoms with Crippen molar-refractivity contribution in [3.05, 3.63) is 57.6 Å². The quantitative estimate of drug-likeness (QED) is 0.926. The van der Waals surface area contributed by atoms with Gasteiger partial charge in [0.05, 0.1) is 6.04 Å². The Morgan fingerprint density at radius 1 is 1.44 bits per heavy atom. The SMILES string of the molecule is CC(Nc1nccn(C)c1=O)c1cccc(Cl)c1. The topological polar surface area (TPSA) is 46.9 Å². The minimum Gasteiger partial charge on any atom is -0.359 e. The van der Waals surface area contributed by atoms with Crippen LogP contribution >= 0.6 is 11.6 Å². The zero-order chi connectivity index (χ0) is 13.1. The molecule has 18 heavy (non-hydrogen) atoms. The summed E-state index contributed by atoms with van der Waals surface area (Å²) in [6.45, 7) is 1.96. The van der Waals surface area contributed by atoms with E-state index in [1.54, 1.807) is 19.4 Å². The van der Waals surface area contributed by atoms with Gasteiger partial charge in [-0.3, -0.25) is 4.79 Å². The zero-order valence-corrected chi connectivity index (χ0v) is 11.0. The smallest absolute Gasteiger partial charge is 0.293 e. The number of nitrogens with one attached hydrogen (secondary N) is 1. The average Bonchev–Trinajstić information content (AvgIpc) is 2.35. The van der Waals surface area contributed by atoms with Crippen molar-refractivity contribution < 1.29 is 0 Å². The van der Waals surface area contributed by atoms with Gasteiger partial charge in [-0.1, -0.05) is 23.7 Å². The number of hydrogen-bond acceptors (Lipinski definition) is 3. The Morgan fingerprint density at radius 3 is 2.94 bits per heavy atom. The second-order valence-corrected chi connectivity index (χ2v) is 4.55. The molecular formula is C13H14ClN3O. The summed E-state index contributed by atoms with van der Waals surface area (Å²) in [6, 6.07) is 7.49. The van der Waals surface area contributed by atoms with Crippen LogP contribution in [0.4, 0.5) is 5.82 Å². The number of benzene rings is 1. The molecule has 1 aromatic heterocycles. The molecule has 0 amide bonds. The van der Waals surface area contributed by atoms with Crippen LogP contribution in [-0.4, -0.2) is 9.55 Å². The van der Waals surface area contributed by atoms with Gasteiger partial charge in [0.1, 0.15) is 0 Å². The van der Waals surface area contributed by atoms with E-state index in [4.69, 9.17) is 11.6 Å². The molecule has 0 bridgehead atoms. The Kier molecular flexibility index (Phi) is 3.67. The van der Waals surface area contributed by atoms with Crippen LogP contribution in [0.1, 0.15) is 18.5 Å². The third kappa shape index (κ3) is 2.71. The van der Waals surface area contributed by atoms with Crippen molar-refractivity contribution in [2.45, 2.75) is 13.0 Å². The molecule has 0 aliphatic heterocycles. The van der Waals surface area contributed by atoms with Gasteiger partial charge in [-0.25, -0.2) is 4.98 Å². The molecule has 1 N–H and O–H groups in total. The lowest BCUT2D eigenvalue weighted by molar-refractivity contribution is 0.813. The summed E-state index contributed by atoms with van der Waals surface area (Å²) in [7, 11) is 1.69. The molecule has 0 fully saturated rings. The molecule has 1 unspecified atom stereocenters. The molecule has 0 spiro atoms. The average molecular weight is 264 g/mol. The van der Waals surface area contributed by atoms with Gasteiger partial charge >= 0.3 is 0 Å². The molecule has 1 aromatic carbocycles. The molecule has 4 nitrogen and oxygen atoms in total. The number of aromatic nitrogens is 2. The van der Waals surface area contributed by atoms with Crippen molar-refractivity contribution >= 4 is 17.4 Å². The van der Waals surface area contributed by atoms with Gasteiger partial charge in [0.25, 0.3) is 5.56 Å². The summed E-state index contributed by atoms with van der Waals surface area (Å²) in [5.41, 5.74) is 0.863. The van der Waals surface area contributed by atoms with E-state index >= 15 is 0 Å². The molecule has 0 radical (unpaired) electrons. The van der Waals surface area contributed by atoms with Crippen LogP contribution in [0.25, 0.3) is 0 Å². The fourth-order valence-corrected chi connectivity index (χ4v) is 1.86. The number of halogens is 1. The molecular weight excluding hydrogens is 250 g/mol. The van der Waals surface area contributed by atoms with Crippen LogP contribution in [0.5, 0.6) is 0 Å². The third-order valence-electron chi connectivity index (χ3n) is 2.72. The first-order valence-corrected chi connectivity index (χ1v) is 5.99. The molecule has 0 aliphatic rings. The van der Waals surface area contributed by atoms with Gasteiger partial charge in [-0.2, -0.15) is 0 Å². The molecule has 2 aromatic rings. The maximum Gasteiger partial charge on any atom is 0.293 e. The number of rotatable bonds is 3. The molecule has 1 heterocycles. The number of nitrogens with zero attached hydrogens (tertiary/aromatic N) is 2. The van der Waals surface area contributed by atoms with Crippen LogP contribution < -0.4 is 10.9 Å². The van der Waals surface area contributed by atoms with Gasteiger partial charge in [0.15, 0.2) is 5.82 Å². The normalized spacial score (nSPS) is 12.2. The lowest BCUT2D eigenvalue weighted by atomic mass is 10.1. The standard InChI is InChI=1S/C13H14ClN3O/c1-9(10-4-3-5-11(14)8-10)16-12-13(18)17(2)7-6-15-12/h3-9H,1-2H3,(H,15,16). The van der Waals surface area contributed by atoms with Crippen molar-refractivity contribution in [2.24, 2.45) is 7.05 Å². The minimum absolute atomic E-state index is 0.0358. The van der Waals surface area contributed by atoms with Crippen molar-refractivity contribution in [2.75, 3.05) is 5.32 Å². The predicted molar refractivity (Wildman–Crippen MR) is 73.0 cm³/mol. The molecule has 94 valence electrons. The van der Waals surface area contributed by atoms with Crippen LogP contribution in [0.2, 0.25) is 5.02 Å². The van der Waals surface area contributed by atoms with Crippen molar-refractivity contribution in [1.29, 1.82) is 0 Å². The Labute approximate surface area is 110 Å².